The van der Waals surface area contributed by atoms with Crippen LogP contribution in [-0.4, -0.2) is 18.5 Å². The van der Waals surface area contributed by atoms with Crippen LogP contribution >= 0.6 is 0 Å². The zero-order chi connectivity index (χ0) is 20.2. The third-order valence-corrected chi connectivity index (χ3v) is 4.19. The Morgan fingerprint density at radius 2 is 1.93 bits per heavy atom. The Morgan fingerprint density at radius 3 is 2.52 bits per heavy atom. The molecule has 0 aliphatic rings. The van der Waals surface area contributed by atoms with Crippen molar-refractivity contribution >= 4 is 11.6 Å². The minimum absolute atomic E-state index is 0.0530. The lowest BCUT2D eigenvalue weighted by Crippen LogP contribution is -2.42. The predicted molar refractivity (Wildman–Crippen MR) is 116 cm³/mol. The molecule has 146 valence electrons. The number of allylic oxidation sites excluding steroid dienone is 3. The van der Waals surface area contributed by atoms with Gasteiger partial charge in [-0.1, -0.05) is 38.3 Å². The number of carbonyl (C=O) groups is 1. The average molecular weight is 368 g/mol. The second kappa shape index (κ2) is 11.8. The summed E-state index contributed by atoms with van der Waals surface area (Å²) in [5.74, 6) is -0.0530. The van der Waals surface area contributed by atoms with Gasteiger partial charge in [0.2, 0.25) is 5.91 Å². The number of hydrogen-bond donors (Lipinski definition) is 3. The molecule has 1 rings (SSSR count). The van der Waals surface area contributed by atoms with Gasteiger partial charge < -0.3 is 16.0 Å². The molecule has 0 radical (unpaired) electrons. The molecule has 1 atom stereocenters. The third kappa shape index (κ3) is 8.98. The van der Waals surface area contributed by atoms with E-state index in [0.717, 1.165) is 36.3 Å². The highest BCUT2D eigenvalue weighted by molar-refractivity contribution is 5.81. The van der Waals surface area contributed by atoms with Crippen molar-refractivity contribution in [2.75, 3.05) is 11.9 Å². The Hall–Kier alpha value is -2.71. The van der Waals surface area contributed by atoms with E-state index in [-0.39, 0.29) is 11.9 Å². The Bertz CT molecular complexity index is 710. The summed E-state index contributed by atoms with van der Waals surface area (Å²) in [6.45, 7) is 16.0. The normalized spacial score (nSPS) is 11.9. The van der Waals surface area contributed by atoms with Crippen LogP contribution in [0.5, 0.6) is 0 Å². The lowest BCUT2D eigenvalue weighted by atomic mass is 10.1. The van der Waals surface area contributed by atoms with E-state index in [0.29, 0.717) is 6.54 Å². The molecule has 0 spiro atoms. The maximum Gasteiger partial charge on any atom is 0.242 e. The molecular formula is C23H33N3O. The van der Waals surface area contributed by atoms with Gasteiger partial charge in [0.1, 0.15) is 6.04 Å². The van der Waals surface area contributed by atoms with Crippen LogP contribution in [0.25, 0.3) is 0 Å². The monoisotopic (exact) mass is 367 g/mol. The molecule has 4 heteroatoms. The van der Waals surface area contributed by atoms with Gasteiger partial charge in [0.05, 0.1) is 6.54 Å². The van der Waals surface area contributed by atoms with Crippen molar-refractivity contribution in [1.29, 1.82) is 0 Å². The molecule has 0 heterocycles. The van der Waals surface area contributed by atoms with E-state index >= 15 is 0 Å². The van der Waals surface area contributed by atoms with Gasteiger partial charge in [-0.25, -0.2) is 0 Å². The van der Waals surface area contributed by atoms with Gasteiger partial charge in [-0.3, -0.25) is 4.79 Å². The van der Waals surface area contributed by atoms with Crippen LogP contribution in [0.3, 0.4) is 0 Å². The number of amides is 1. The summed E-state index contributed by atoms with van der Waals surface area (Å²) in [6.07, 6.45) is 4.94. The molecule has 3 N–H and O–H groups in total. The van der Waals surface area contributed by atoms with Crippen molar-refractivity contribution in [3.05, 3.63) is 71.8 Å². The molecule has 0 aliphatic heterocycles. The van der Waals surface area contributed by atoms with Gasteiger partial charge in [-0.15, -0.1) is 5.73 Å². The number of rotatable bonds is 11. The van der Waals surface area contributed by atoms with Gasteiger partial charge in [-0.2, -0.15) is 0 Å². The lowest BCUT2D eigenvalue weighted by molar-refractivity contribution is -0.122. The standard InChI is InChI=1S/C23H33N3O/c1-7-9-18(4)25-20(6)23(27)24-16-19(5)26-22-14-12-21(13-15-22)11-10-17(3)8-2/h9,12-15,20,25-26H,2,5,7,10-11,16H2,1,3-4,6H3,(H,24,27)/b18-9+. The number of nitrogens with one attached hydrogen (secondary N) is 3. The van der Waals surface area contributed by atoms with Crippen LogP contribution < -0.4 is 16.0 Å². The average Bonchev–Trinajstić information content (AvgIpc) is 2.65. The van der Waals surface area contributed by atoms with E-state index in [9.17, 15) is 4.79 Å². The third-order valence-electron chi connectivity index (χ3n) is 4.19. The zero-order valence-electron chi connectivity index (χ0n) is 17.1. The molecule has 0 aliphatic carbocycles. The fourth-order valence-corrected chi connectivity index (χ4v) is 2.54. The van der Waals surface area contributed by atoms with E-state index in [1.807, 2.05) is 32.9 Å². The Morgan fingerprint density at radius 1 is 1.26 bits per heavy atom. The van der Waals surface area contributed by atoms with E-state index in [2.05, 4.69) is 60.0 Å². The fourth-order valence-electron chi connectivity index (χ4n) is 2.54. The predicted octanol–water partition coefficient (Wildman–Crippen LogP) is 4.68. The summed E-state index contributed by atoms with van der Waals surface area (Å²) in [5, 5.41) is 9.30. The highest BCUT2D eigenvalue weighted by Crippen LogP contribution is 2.14. The quantitative estimate of drug-likeness (QED) is 0.498. The fraction of sp³-hybridized carbons (Fsp3) is 0.391. The zero-order valence-corrected chi connectivity index (χ0v) is 17.1. The Balaban J connectivity index is 2.42. The highest BCUT2D eigenvalue weighted by Gasteiger charge is 2.12. The van der Waals surface area contributed by atoms with Crippen molar-refractivity contribution in [3.8, 4) is 0 Å². The summed E-state index contributed by atoms with van der Waals surface area (Å²) < 4.78 is 0. The van der Waals surface area contributed by atoms with Crippen molar-refractivity contribution in [1.82, 2.24) is 10.6 Å². The van der Waals surface area contributed by atoms with Gasteiger partial charge in [-0.05, 0) is 63.3 Å². The summed E-state index contributed by atoms with van der Waals surface area (Å²) >= 11 is 0. The van der Waals surface area contributed by atoms with E-state index in [1.54, 1.807) is 0 Å². The van der Waals surface area contributed by atoms with Crippen LogP contribution in [0.1, 0.15) is 46.1 Å². The second-order valence-corrected chi connectivity index (χ2v) is 6.76. The van der Waals surface area contributed by atoms with E-state index in [4.69, 9.17) is 0 Å². The summed E-state index contributed by atoms with van der Waals surface area (Å²) in [4.78, 5) is 12.2. The molecule has 1 aromatic carbocycles. The molecule has 0 saturated heterocycles. The van der Waals surface area contributed by atoms with Crippen molar-refractivity contribution in [2.45, 2.75) is 53.0 Å². The highest BCUT2D eigenvalue weighted by atomic mass is 16.2. The van der Waals surface area contributed by atoms with Crippen LogP contribution in [0.15, 0.2) is 66.2 Å². The van der Waals surface area contributed by atoms with Gasteiger partial charge in [0, 0.05) is 17.1 Å². The molecule has 27 heavy (non-hydrogen) atoms. The molecule has 0 saturated carbocycles. The first-order valence-corrected chi connectivity index (χ1v) is 9.46. The molecule has 0 bridgehead atoms. The summed E-state index contributed by atoms with van der Waals surface area (Å²) in [7, 11) is 0. The van der Waals surface area contributed by atoms with E-state index < -0.39 is 0 Å². The van der Waals surface area contributed by atoms with Gasteiger partial charge in [0.25, 0.3) is 0 Å². The maximum atomic E-state index is 12.2. The second-order valence-electron chi connectivity index (χ2n) is 6.76. The largest absolute Gasteiger partial charge is 0.378 e. The summed E-state index contributed by atoms with van der Waals surface area (Å²) in [6, 6.07) is 7.96. The van der Waals surface area contributed by atoms with Gasteiger partial charge >= 0.3 is 0 Å². The van der Waals surface area contributed by atoms with Crippen LogP contribution in [0.4, 0.5) is 5.69 Å². The molecule has 1 aromatic rings. The smallest absolute Gasteiger partial charge is 0.242 e. The Labute approximate surface area is 164 Å². The molecular weight excluding hydrogens is 334 g/mol. The first kappa shape index (κ1) is 22.3. The van der Waals surface area contributed by atoms with E-state index in [1.165, 1.54) is 11.1 Å². The number of anilines is 1. The lowest BCUT2D eigenvalue weighted by Gasteiger charge is -2.17. The minimum Gasteiger partial charge on any atom is -0.378 e. The van der Waals surface area contributed by atoms with Crippen LogP contribution in [0.2, 0.25) is 0 Å². The molecule has 1 unspecified atom stereocenters. The molecule has 0 fully saturated rings. The van der Waals surface area contributed by atoms with Crippen LogP contribution in [-0.2, 0) is 11.2 Å². The number of hydrogen-bond acceptors (Lipinski definition) is 3. The first-order valence-electron chi connectivity index (χ1n) is 9.46. The van der Waals surface area contributed by atoms with Crippen LogP contribution in [0, 0.1) is 0 Å². The van der Waals surface area contributed by atoms with Gasteiger partial charge in [0.15, 0.2) is 0 Å². The molecule has 4 nitrogen and oxygen atoms in total. The van der Waals surface area contributed by atoms with Crippen molar-refractivity contribution < 1.29 is 4.79 Å². The summed E-state index contributed by atoms with van der Waals surface area (Å²) in [5.41, 5.74) is 8.08. The topological polar surface area (TPSA) is 53.2 Å². The minimum atomic E-state index is -0.284. The Kier molecular flexibility index (Phi) is 9.78. The SMILES string of the molecule is C=C=C(C)CCc1ccc(NC(=C)CNC(=O)C(C)N/C(C)=C/CC)cc1. The molecule has 1 amide bonds. The first-order chi connectivity index (χ1) is 12.8. The molecule has 0 aromatic heterocycles. The van der Waals surface area contributed by atoms with Crippen molar-refractivity contribution in [2.24, 2.45) is 0 Å². The number of carbonyl (C=O) groups excluding carboxylic acids is 1. The number of aryl methyl sites for hydroxylation is 1. The van der Waals surface area contributed by atoms with Crippen molar-refractivity contribution in [3.63, 3.8) is 0 Å². The maximum absolute atomic E-state index is 12.2. The number of benzene rings is 1.